The highest BCUT2D eigenvalue weighted by molar-refractivity contribution is 7.99. The van der Waals surface area contributed by atoms with Crippen molar-refractivity contribution in [2.45, 2.75) is 5.16 Å². The molecule has 148 valence electrons. The number of nitriles is 1. The molecule has 9 heteroatoms. The number of thioether (sulfide) groups is 1. The standard InChI is InChI=1S/C21H13FN4O2S2/c22-15-6-1-2-7-17(15)26-20(28)19-16(8-9-29-19)25-21(26)30-12-18(27)24-14-5-3-4-13(10-14)11-23/h1-10H,12H2,(H,24,27). The lowest BCUT2D eigenvalue weighted by Crippen LogP contribution is -2.23. The summed E-state index contributed by atoms with van der Waals surface area (Å²) in [6.07, 6.45) is 0. The molecule has 2 heterocycles. The molecular weight excluding hydrogens is 423 g/mol. The lowest BCUT2D eigenvalue weighted by Gasteiger charge is -2.12. The van der Waals surface area contributed by atoms with Gasteiger partial charge in [0.15, 0.2) is 5.16 Å². The van der Waals surface area contributed by atoms with Crippen LogP contribution in [0.5, 0.6) is 0 Å². The molecule has 0 aliphatic heterocycles. The van der Waals surface area contributed by atoms with Gasteiger partial charge in [-0.05, 0) is 41.8 Å². The Hall–Kier alpha value is -3.48. The van der Waals surface area contributed by atoms with Crippen LogP contribution in [0.2, 0.25) is 0 Å². The van der Waals surface area contributed by atoms with Crippen molar-refractivity contribution in [2.24, 2.45) is 0 Å². The van der Waals surface area contributed by atoms with E-state index >= 15 is 0 Å². The molecule has 1 amide bonds. The van der Waals surface area contributed by atoms with E-state index in [-0.39, 0.29) is 28.1 Å². The highest BCUT2D eigenvalue weighted by Crippen LogP contribution is 2.25. The maximum atomic E-state index is 14.4. The number of nitrogens with one attached hydrogen (secondary N) is 1. The highest BCUT2D eigenvalue weighted by Gasteiger charge is 2.17. The SMILES string of the molecule is N#Cc1cccc(NC(=O)CSc2nc3ccsc3c(=O)n2-c2ccccc2F)c1. The van der Waals surface area contributed by atoms with Crippen LogP contribution in [0, 0.1) is 17.1 Å². The third-order valence-electron chi connectivity index (χ3n) is 4.15. The van der Waals surface area contributed by atoms with Crippen LogP contribution in [-0.2, 0) is 4.79 Å². The number of carbonyl (C=O) groups excluding carboxylic acids is 1. The van der Waals surface area contributed by atoms with E-state index in [2.05, 4.69) is 10.3 Å². The third-order valence-corrected chi connectivity index (χ3v) is 5.98. The predicted molar refractivity (Wildman–Crippen MR) is 116 cm³/mol. The molecular formula is C21H13FN4O2S2. The Morgan fingerprint density at radius 2 is 2.07 bits per heavy atom. The van der Waals surface area contributed by atoms with Crippen LogP contribution in [0.4, 0.5) is 10.1 Å². The summed E-state index contributed by atoms with van der Waals surface area (Å²) >= 11 is 2.27. The first kappa shape index (κ1) is 19.8. The number of benzene rings is 2. The van der Waals surface area contributed by atoms with Gasteiger partial charge in [-0.25, -0.2) is 9.37 Å². The van der Waals surface area contributed by atoms with Crippen LogP contribution in [-0.4, -0.2) is 21.2 Å². The Labute approximate surface area is 178 Å². The summed E-state index contributed by atoms with van der Waals surface area (Å²) in [4.78, 5) is 29.9. The average molecular weight is 436 g/mol. The van der Waals surface area contributed by atoms with Crippen LogP contribution in [0.25, 0.3) is 15.9 Å². The number of anilines is 1. The van der Waals surface area contributed by atoms with Crippen LogP contribution in [0.15, 0.2) is 69.9 Å². The lowest BCUT2D eigenvalue weighted by molar-refractivity contribution is -0.113. The Balaban J connectivity index is 1.64. The number of rotatable bonds is 5. The Kier molecular flexibility index (Phi) is 5.61. The molecule has 0 aliphatic rings. The summed E-state index contributed by atoms with van der Waals surface area (Å²) in [6, 6.07) is 16.2. The van der Waals surface area contributed by atoms with E-state index in [1.54, 1.807) is 41.8 Å². The van der Waals surface area contributed by atoms with Crippen molar-refractivity contribution in [2.75, 3.05) is 11.1 Å². The minimum atomic E-state index is -0.558. The minimum absolute atomic E-state index is 0.0483. The van der Waals surface area contributed by atoms with Crippen molar-refractivity contribution >= 4 is 44.9 Å². The molecule has 0 fully saturated rings. The molecule has 0 unspecified atom stereocenters. The predicted octanol–water partition coefficient (Wildman–Crippen LogP) is 4.19. The molecule has 2 aromatic carbocycles. The number of fused-ring (bicyclic) bond motifs is 1. The summed E-state index contributed by atoms with van der Waals surface area (Å²) in [7, 11) is 0. The summed E-state index contributed by atoms with van der Waals surface area (Å²) in [6.45, 7) is 0. The van der Waals surface area contributed by atoms with Gasteiger partial charge in [-0.3, -0.25) is 14.2 Å². The van der Waals surface area contributed by atoms with Gasteiger partial charge in [-0.1, -0.05) is 30.0 Å². The van der Waals surface area contributed by atoms with E-state index in [0.29, 0.717) is 21.5 Å². The van der Waals surface area contributed by atoms with E-state index < -0.39 is 5.82 Å². The van der Waals surface area contributed by atoms with Gasteiger partial charge >= 0.3 is 0 Å². The number of amides is 1. The maximum Gasteiger partial charge on any atom is 0.276 e. The van der Waals surface area contributed by atoms with E-state index in [1.165, 1.54) is 34.1 Å². The monoisotopic (exact) mass is 436 g/mol. The molecule has 0 radical (unpaired) electrons. The average Bonchev–Trinajstić information content (AvgIpc) is 3.22. The number of aromatic nitrogens is 2. The Morgan fingerprint density at radius 1 is 1.23 bits per heavy atom. The van der Waals surface area contributed by atoms with Gasteiger partial charge in [0.2, 0.25) is 5.91 Å². The van der Waals surface area contributed by atoms with Gasteiger partial charge in [0, 0.05) is 5.69 Å². The van der Waals surface area contributed by atoms with Gasteiger partial charge in [0.1, 0.15) is 10.5 Å². The number of nitrogens with zero attached hydrogens (tertiary/aromatic N) is 3. The third kappa shape index (κ3) is 3.96. The number of hydrogen-bond donors (Lipinski definition) is 1. The Morgan fingerprint density at radius 3 is 2.87 bits per heavy atom. The van der Waals surface area contributed by atoms with Crippen molar-refractivity contribution in [3.63, 3.8) is 0 Å². The van der Waals surface area contributed by atoms with E-state index in [4.69, 9.17) is 5.26 Å². The smallest absolute Gasteiger partial charge is 0.276 e. The normalized spacial score (nSPS) is 10.7. The largest absolute Gasteiger partial charge is 0.325 e. The van der Waals surface area contributed by atoms with E-state index in [9.17, 15) is 14.0 Å². The van der Waals surface area contributed by atoms with Gasteiger partial charge in [0.05, 0.1) is 28.6 Å². The van der Waals surface area contributed by atoms with Crippen LogP contribution in [0.1, 0.15) is 5.56 Å². The molecule has 1 N–H and O–H groups in total. The molecule has 4 rings (SSSR count). The second kappa shape index (κ2) is 8.49. The molecule has 0 spiro atoms. The zero-order chi connectivity index (χ0) is 21.1. The number of hydrogen-bond acceptors (Lipinski definition) is 6. The van der Waals surface area contributed by atoms with E-state index in [0.717, 1.165) is 11.8 Å². The fraction of sp³-hybridized carbons (Fsp3) is 0.0476. The summed E-state index contributed by atoms with van der Waals surface area (Å²) < 4.78 is 16.0. The fourth-order valence-electron chi connectivity index (χ4n) is 2.83. The molecule has 30 heavy (non-hydrogen) atoms. The second-order valence-corrected chi connectivity index (χ2v) is 8.01. The highest BCUT2D eigenvalue weighted by atomic mass is 32.2. The molecule has 2 aromatic heterocycles. The quantitative estimate of drug-likeness (QED) is 0.374. The summed E-state index contributed by atoms with van der Waals surface area (Å²) in [5.74, 6) is -0.945. The van der Waals surface area contributed by atoms with Gasteiger partial charge in [0.25, 0.3) is 5.56 Å². The summed E-state index contributed by atoms with van der Waals surface area (Å²) in [5.41, 5.74) is 1.12. The lowest BCUT2D eigenvalue weighted by atomic mass is 10.2. The van der Waals surface area contributed by atoms with E-state index in [1.807, 2.05) is 6.07 Å². The van der Waals surface area contributed by atoms with Gasteiger partial charge in [-0.15, -0.1) is 11.3 Å². The van der Waals surface area contributed by atoms with Gasteiger partial charge in [-0.2, -0.15) is 5.26 Å². The number of para-hydroxylation sites is 1. The first-order chi connectivity index (χ1) is 14.6. The molecule has 6 nitrogen and oxygen atoms in total. The van der Waals surface area contributed by atoms with Crippen molar-refractivity contribution in [3.05, 3.63) is 81.7 Å². The minimum Gasteiger partial charge on any atom is -0.325 e. The molecule has 0 aliphatic carbocycles. The van der Waals surface area contributed by atoms with Gasteiger partial charge < -0.3 is 5.32 Å². The zero-order valence-electron chi connectivity index (χ0n) is 15.3. The fourth-order valence-corrected chi connectivity index (χ4v) is 4.39. The number of halogens is 1. The molecule has 0 saturated heterocycles. The van der Waals surface area contributed by atoms with Crippen LogP contribution < -0.4 is 10.9 Å². The maximum absolute atomic E-state index is 14.4. The van der Waals surface area contributed by atoms with Crippen molar-refractivity contribution in [3.8, 4) is 11.8 Å². The van der Waals surface area contributed by atoms with Crippen molar-refractivity contribution < 1.29 is 9.18 Å². The van der Waals surface area contributed by atoms with Crippen molar-refractivity contribution in [1.82, 2.24) is 9.55 Å². The molecule has 0 saturated carbocycles. The first-order valence-corrected chi connectivity index (χ1v) is 10.6. The number of carbonyl (C=O) groups is 1. The van der Waals surface area contributed by atoms with Crippen LogP contribution >= 0.6 is 23.1 Å². The number of thiophene rings is 1. The zero-order valence-corrected chi connectivity index (χ0v) is 17.0. The second-order valence-electron chi connectivity index (χ2n) is 6.15. The topological polar surface area (TPSA) is 87.8 Å². The molecule has 0 bridgehead atoms. The van der Waals surface area contributed by atoms with Crippen LogP contribution in [0.3, 0.4) is 0 Å². The molecule has 0 atom stereocenters. The summed E-state index contributed by atoms with van der Waals surface area (Å²) in [5, 5.41) is 13.6. The molecule has 4 aromatic rings. The Bertz CT molecular complexity index is 1360. The first-order valence-electron chi connectivity index (χ1n) is 8.75. The van der Waals surface area contributed by atoms with Crippen molar-refractivity contribution in [1.29, 1.82) is 5.26 Å².